The highest BCUT2D eigenvalue weighted by Gasteiger charge is 2.35. The molecule has 188 valence electrons. The van der Waals surface area contributed by atoms with Crippen LogP contribution < -0.4 is 10.1 Å². The fourth-order valence-corrected chi connectivity index (χ4v) is 4.83. The number of aliphatic hydroxyl groups is 1. The van der Waals surface area contributed by atoms with Gasteiger partial charge in [-0.15, -0.1) is 0 Å². The number of hydrogen-bond acceptors (Lipinski definition) is 7. The lowest BCUT2D eigenvalue weighted by atomic mass is 9.91. The smallest absolute Gasteiger partial charge is 0.311 e. The first kappa shape index (κ1) is 26.4. The molecule has 1 aromatic carbocycles. The number of ether oxygens (including phenoxy) is 2. The van der Waals surface area contributed by atoms with Gasteiger partial charge in [0, 0.05) is 30.7 Å². The van der Waals surface area contributed by atoms with Gasteiger partial charge in [-0.3, -0.25) is 9.78 Å². The van der Waals surface area contributed by atoms with Gasteiger partial charge < -0.3 is 24.8 Å². The summed E-state index contributed by atoms with van der Waals surface area (Å²) in [4.78, 5) is 19.6. The lowest BCUT2D eigenvalue weighted by Crippen LogP contribution is -2.53. The number of rotatable bonds is 13. The van der Waals surface area contributed by atoms with Crippen LogP contribution in [0.15, 0.2) is 30.5 Å². The number of fused-ring (bicyclic) bond motifs is 1. The highest BCUT2D eigenvalue weighted by Crippen LogP contribution is 2.27. The molecule has 7 nitrogen and oxygen atoms in total. The average Bonchev–Trinajstić information content (AvgIpc) is 2.86. The molecule has 3 rings (SSSR count). The Hall–Kier alpha value is -2.22. The Bertz CT molecular complexity index is 907. The third-order valence-electron chi connectivity index (χ3n) is 6.78. The van der Waals surface area contributed by atoms with Gasteiger partial charge in [0.2, 0.25) is 0 Å². The van der Waals surface area contributed by atoms with Crippen LogP contribution in [0.2, 0.25) is 0 Å². The maximum absolute atomic E-state index is 12.8. The first-order chi connectivity index (χ1) is 16.6. The highest BCUT2D eigenvalue weighted by atomic mass is 16.5. The zero-order valence-electron chi connectivity index (χ0n) is 21.0. The molecule has 0 amide bonds. The summed E-state index contributed by atoms with van der Waals surface area (Å²) >= 11 is 0. The Morgan fingerprint density at radius 2 is 2.06 bits per heavy atom. The molecule has 1 fully saturated rings. The number of carbonyl (C=O) groups is 1. The van der Waals surface area contributed by atoms with Gasteiger partial charge in [-0.2, -0.15) is 0 Å². The van der Waals surface area contributed by atoms with Crippen molar-refractivity contribution in [1.29, 1.82) is 0 Å². The molecule has 2 N–H and O–H groups in total. The van der Waals surface area contributed by atoms with Gasteiger partial charge in [0.05, 0.1) is 31.3 Å². The van der Waals surface area contributed by atoms with Crippen molar-refractivity contribution in [3.05, 3.63) is 36.0 Å². The Balaban J connectivity index is 1.62. The summed E-state index contributed by atoms with van der Waals surface area (Å²) in [5.41, 5.74) is 1.61. The van der Waals surface area contributed by atoms with Crippen LogP contribution in [0, 0.1) is 5.92 Å². The van der Waals surface area contributed by atoms with Crippen LogP contribution in [0.1, 0.15) is 64.0 Å². The van der Waals surface area contributed by atoms with Gasteiger partial charge >= 0.3 is 5.97 Å². The van der Waals surface area contributed by atoms with Crippen molar-refractivity contribution in [2.24, 2.45) is 5.92 Å². The largest absolute Gasteiger partial charge is 0.497 e. The predicted molar refractivity (Wildman–Crippen MR) is 135 cm³/mol. The predicted octanol–water partition coefficient (Wildman–Crippen LogP) is 4.09. The SMILES string of the molecule is CCCCCCCN1CCC(NCC(O)c2ccnc3ccc(OC)cc23)C(C(=O)OCC)C1. The van der Waals surface area contributed by atoms with Gasteiger partial charge in [-0.1, -0.05) is 32.6 Å². The summed E-state index contributed by atoms with van der Waals surface area (Å²) in [6.07, 6.45) is 8.08. The summed E-state index contributed by atoms with van der Waals surface area (Å²) in [6.45, 7) is 7.50. The molecule has 3 atom stereocenters. The number of nitrogens with zero attached hydrogens (tertiary/aromatic N) is 2. The number of benzene rings is 1. The molecular weight excluding hydrogens is 430 g/mol. The number of hydrogen-bond donors (Lipinski definition) is 2. The van der Waals surface area contributed by atoms with Crippen molar-refractivity contribution in [2.75, 3.05) is 39.9 Å². The highest BCUT2D eigenvalue weighted by molar-refractivity contribution is 5.83. The lowest BCUT2D eigenvalue weighted by Gasteiger charge is -2.38. The van der Waals surface area contributed by atoms with E-state index in [0.29, 0.717) is 19.7 Å². The van der Waals surface area contributed by atoms with E-state index in [9.17, 15) is 9.90 Å². The number of nitrogens with one attached hydrogen (secondary N) is 1. The molecular formula is C27H41N3O4. The minimum atomic E-state index is -0.725. The van der Waals surface area contributed by atoms with Gasteiger partial charge in [0.1, 0.15) is 5.75 Å². The Labute approximate surface area is 203 Å². The quantitative estimate of drug-likeness (QED) is 0.336. The second-order valence-electron chi connectivity index (χ2n) is 9.18. The number of likely N-dealkylation sites (tertiary alicyclic amines) is 1. The molecule has 1 aliphatic rings. The van der Waals surface area contributed by atoms with Crippen molar-refractivity contribution >= 4 is 16.9 Å². The van der Waals surface area contributed by atoms with Gasteiger partial charge in [-0.05, 0) is 62.7 Å². The molecule has 0 spiro atoms. The van der Waals surface area contributed by atoms with E-state index in [1.54, 1.807) is 13.3 Å². The number of unbranched alkanes of at least 4 members (excludes halogenated alkanes) is 4. The zero-order valence-corrected chi connectivity index (χ0v) is 21.0. The average molecular weight is 472 g/mol. The van der Waals surface area contributed by atoms with E-state index < -0.39 is 6.10 Å². The topological polar surface area (TPSA) is 83.9 Å². The van der Waals surface area contributed by atoms with Crippen LogP contribution >= 0.6 is 0 Å². The molecule has 0 radical (unpaired) electrons. The standard InChI is InChI=1S/C27H41N3O4/c1-4-6-7-8-9-15-30-16-13-25(23(19-30)27(32)34-5-2)29-18-26(31)21-12-14-28-24-11-10-20(33-3)17-22(21)24/h10-12,14,17,23,25-26,29,31H,4-9,13,15-16,18-19H2,1-3H3. The second kappa shape index (κ2) is 13.6. The zero-order chi connectivity index (χ0) is 24.3. The maximum Gasteiger partial charge on any atom is 0.311 e. The fraction of sp³-hybridized carbons (Fsp3) is 0.630. The van der Waals surface area contributed by atoms with Crippen LogP contribution in [0.5, 0.6) is 5.75 Å². The third kappa shape index (κ3) is 7.14. The summed E-state index contributed by atoms with van der Waals surface area (Å²) < 4.78 is 10.8. The second-order valence-corrected chi connectivity index (χ2v) is 9.18. The first-order valence-electron chi connectivity index (χ1n) is 12.8. The lowest BCUT2D eigenvalue weighted by molar-refractivity contribution is -0.151. The number of esters is 1. The van der Waals surface area contributed by atoms with Crippen molar-refractivity contribution in [2.45, 2.75) is 64.5 Å². The van der Waals surface area contributed by atoms with E-state index in [1.807, 2.05) is 31.2 Å². The van der Waals surface area contributed by atoms with Crippen LogP contribution in [0.4, 0.5) is 0 Å². The summed E-state index contributed by atoms with van der Waals surface area (Å²) in [6, 6.07) is 7.49. The number of carbonyl (C=O) groups excluding carboxylic acids is 1. The number of pyridine rings is 1. The molecule has 2 heterocycles. The monoisotopic (exact) mass is 471 g/mol. The molecule has 0 bridgehead atoms. The van der Waals surface area contributed by atoms with Crippen molar-refractivity contribution in [1.82, 2.24) is 15.2 Å². The number of aliphatic hydroxyl groups excluding tert-OH is 1. The van der Waals surface area contributed by atoms with E-state index in [4.69, 9.17) is 9.47 Å². The van der Waals surface area contributed by atoms with Crippen molar-refractivity contribution in [3.63, 3.8) is 0 Å². The minimum absolute atomic E-state index is 0.0207. The Kier molecular flexibility index (Phi) is 10.6. The van der Waals surface area contributed by atoms with Gasteiger partial charge in [0.25, 0.3) is 0 Å². The van der Waals surface area contributed by atoms with Gasteiger partial charge in [0.15, 0.2) is 0 Å². The molecule has 0 saturated carbocycles. The molecule has 3 unspecified atom stereocenters. The molecule has 0 aliphatic carbocycles. The van der Waals surface area contributed by atoms with Crippen LogP contribution in [0.25, 0.3) is 10.9 Å². The van der Waals surface area contributed by atoms with E-state index in [0.717, 1.165) is 41.7 Å². The summed E-state index contributed by atoms with van der Waals surface area (Å²) in [5, 5.41) is 15.4. The number of piperidine rings is 1. The number of aromatic nitrogens is 1. The third-order valence-corrected chi connectivity index (χ3v) is 6.78. The van der Waals surface area contributed by atoms with Crippen molar-refractivity contribution in [3.8, 4) is 5.75 Å². The Morgan fingerprint density at radius 1 is 1.24 bits per heavy atom. The van der Waals surface area contributed by atoms with E-state index in [1.165, 1.54) is 32.1 Å². The first-order valence-corrected chi connectivity index (χ1v) is 12.8. The van der Waals surface area contributed by atoms with Crippen LogP contribution in [-0.2, 0) is 9.53 Å². The van der Waals surface area contributed by atoms with Crippen LogP contribution in [0.3, 0.4) is 0 Å². The normalized spacial score (nSPS) is 19.8. The summed E-state index contributed by atoms with van der Waals surface area (Å²) in [7, 11) is 1.63. The van der Waals surface area contributed by atoms with Crippen LogP contribution in [-0.4, -0.2) is 66.9 Å². The molecule has 1 aliphatic heterocycles. The van der Waals surface area contributed by atoms with Crippen molar-refractivity contribution < 1.29 is 19.4 Å². The number of methoxy groups -OCH3 is 1. The van der Waals surface area contributed by atoms with E-state index in [-0.39, 0.29) is 17.9 Å². The molecule has 7 heteroatoms. The Morgan fingerprint density at radius 3 is 2.82 bits per heavy atom. The molecule has 1 saturated heterocycles. The molecule has 1 aromatic heterocycles. The molecule has 34 heavy (non-hydrogen) atoms. The fourth-order valence-electron chi connectivity index (χ4n) is 4.83. The van der Waals surface area contributed by atoms with E-state index >= 15 is 0 Å². The summed E-state index contributed by atoms with van der Waals surface area (Å²) in [5.74, 6) is 0.349. The van der Waals surface area contributed by atoms with E-state index in [2.05, 4.69) is 22.1 Å². The molecule has 2 aromatic rings. The maximum atomic E-state index is 12.8. The van der Waals surface area contributed by atoms with Gasteiger partial charge in [-0.25, -0.2) is 0 Å². The minimum Gasteiger partial charge on any atom is -0.497 e.